The van der Waals surface area contributed by atoms with Crippen molar-refractivity contribution in [3.05, 3.63) is 41.1 Å². The normalized spacial score (nSPS) is 25.3. The van der Waals surface area contributed by atoms with Crippen molar-refractivity contribution in [2.24, 2.45) is 0 Å². The Morgan fingerprint density at radius 1 is 1.37 bits per heavy atom. The van der Waals surface area contributed by atoms with Gasteiger partial charge in [0.15, 0.2) is 17.4 Å². The highest BCUT2D eigenvalue weighted by Crippen LogP contribution is 2.44. The van der Waals surface area contributed by atoms with Crippen molar-refractivity contribution in [1.82, 2.24) is 24.5 Å². The number of nitrogens with zero attached hydrogens (tertiary/aromatic N) is 4. The quantitative estimate of drug-likeness (QED) is 0.429. The van der Waals surface area contributed by atoms with Crippen LogP contribution >= 0.6 is 21.6 Å². The third-order valence-electron chi connectivity index (χ3n) is 4.10. The summed E-state index contributed by atoms with van der Waals surface area (Å²) in [6.07, 6.45) is 0.615. The number of fused-ring (bicyclic) bond motifs is 1. The first-order valence-corrected chi connectivity index (χ1v) is 10.2. The second kappa shape index (κ2) is 7.48. The van der Waals surface area contributed by atoms with Crippen molar-refractivity contribution in [2.45, 2.75) is 28.7 Å². The number of rotatable bonds is 5. The van der Waals surface area contributed by atoms with Gasteiger partial charge in [-0.05, 0) is 22.9 Å². The summed E-state index contributed by atoms with van der Waals surface area (Å²) >= 11 is 0. The van der Waals surface area contributed by atoms with Gasteiger partial charge < -0.3 is 20.7 Å². The lowest BCUT2D eigenvalue weighted by Crippen LogP contribution is -2.30. The van der Waals surface area contributed by atoms with Gasteiger partial charge in [-0.1, -0.05) is 16.9 Å². The number of aromatic amines is 1. The number of pyridine rings is 1. The standard InChI is InChI=1S/C15H16N6O4S2/c16-15-19-12-9(13(24)20-15)18-6-21(12)14-10(23)11(7(5-22)25-14)27-26-8-3-1-2-4-17-8/h1-4,6-7,10-11,14,22-23H,5H2,(H3,16,19,20,24)/t7-,10-,11-,14-/m1/s1. The van der Waals surface area contributed by atoms with Crippen molar-refractivity contribution in [1.29, 1.82) is 0 Å². The molecule has 3 aromatic heterocycles. The van der Waals surface area contributed by atoms with Crippen molar-refractivity contribution in [3.8, 4) is 0 Å². The number of hydrogen-bond acceptors (Lipinski definition) is 10. The molecular formula is C15H16N6O4S2. The van der Waals surface area contributed by atoms with Crippen molar-refractivity contribution in [2.75, 3.05) is 12.3 Å². The number of nitrogens with two attached hydrogens (primary N) is 1. The topological polar surface area (TPSA) is 152 Å². The second-order valence-corrected chi connectivity index (χ2v) is 8.22. The number of nitrogen functional groups attached to an aromatic ring is 1. The minimum absolute atomic E-state index is 0.0583. The molecule has 0 spiro atoms. The number of hydrogen-bond donors (Lipinski definition) is 4. The van der Waals surface area contributed by atoms with Gasteiger partial charge in [0, 0.05) is 6.20 Å². The van der Waals surface area contributed by atoms with Crippen LogP contribution in [0.1, 0.15) is 6.23 Å². The molecule has 3 aromatic rings. The highest BCUT2D eigenvalue weighted by molar-refractivity contribution is 8.76. The molecule has 4 heterocycles. The molecule has 0 unspecified atom stereocenters. The average Bonchev–Trinajstić information content (AvgIpc) is 3.21. The first kappa shape index (κ1) is 18.3. The maximum atomic E-state index is 11.9. The van der Waals surface area contributed by atoms with Gasteiger partial charge >= 0.3 is 0 Å². The molecule has 0 bridgehead atoms. The van der Waals surface area contributed by atoms with E-state index in [4.69, 9.17) is 10.5 Å². The molecule has 0 aliphatic carbocycles. The molecule has 0 aromatic carbocycles. The maximum absolute atomic E-state index is 11.9. The van der Waals surface area contributed by atoms with Crippen LogP contribution in [0.5, 0.6) is 0 Å². The van der Waals surface area contributed by atoms with Crippen LogP contribution in [0.3, 0.4) is 0 Å². The van der Waals surface area contributed by atoms with Crippen LogP contribution in [-0.4, -0.2) is 58.8 Å². The maximum Gasteiger partial charge on any atom is 0.280 e. The summed E-state index contributed by atoms with van der Waals surface area (Å²) in [5.41, 5.74) is 5.45. The Morgan fingerprint density at radius 2 is 2.22 bits per heavy atom. The van der Waals surface area contributed by atoms with Crippen LogP contribution in [0.4, 0.5) is 5.95 Å². The molecule has 1 aliphatic rings. The van der Waals surface area contributed by atoms with Gasteiger partial charge in [0.1, 0.15) is 11.1 Å². The smallest absolute Gasteiger partial charge is 0.280 e. The van der Waals surface area contributed by atoms with Gasteiger partial charge in [0.2, 0.25) is 5.95 Å². The van der Waals surface area contributed by atoms with E-state index in [1.54, 1.807) is 6.20 Å². The molecular weight excluding hydrogens is 392 g/mol. The van der Waals surface area contributed by atoms with E-state index in [0.29, 0.717) is 0 Å². The third-order valence-corrected chi connectivity index (χ3v) is 6.88. The molecule has 1 aliphatic heterocycles. The first-order valence-electron chi connectivity index (χ1n) is 7.99. The molecule has 10 nitrogen and oxygen atoms in total. The Kier molecular flexibility index (Phi) is 5.06. The summed E-state index contributed by atoms with van der Waals surface area (Å²) in [6, 6.07) is 5.54. The lowest BCUT2D eigenvalue weighted by Gasteiger charge is -2.18. The van der Waals surface area contributed by atoms with Gasteiger partial charge in [-0.25, -0.2) is 9.97 Å². The van der Waals surface area contributed by atoms with Crippen LogP contribution in [0, 0.1) is 0 Å². The molecule has 4 atom stereocenters. The molecule has 12 heteroatoms. The number of anilines is 1. The van der Waals surface area contributed by atoms with Crippen LogP contribution in [-0.2, 0) is 4.74 Å². The van der Waals surface area contributed by atoms with Gasteiger partial charge in [-0.3, -0.25) is 14.3 Å². The van der Waals surface area contributed by atoms with E-state index in [1.807, 2.05) is 18.2 Å². The van der Waals surface area contributed by atoms with Crippen LogP contribution in [0.15, 0.2) is 40.5 Å². The summed E-state index contributed by atoms with van der Waals surface area (Å²) in [4.78, 5) is 26.7. The molecule has 1 saturated heterocycles. The molecule has 0 radical (unpaired) electrons. The molecule has 142 valence electrons. The molecule has 0 amide bonds. The predicted octanol–water partition coefficient (Wildman–Crippen LogP) is 0.156. The summed E-state index contributed by atoms with van der Waals surface area (Å²) in [7, 11) is 2.75. The van der Waals surface area contributed by atoms with E-state index in [2.05, 4.69) is 19.9 Å². The van der Waals surface area contributed by atoms with E-state index in [9.17, 15) is 15.0 Å². The van der Waals surface area contributed by atoms with E-state index >= 15 is 0 Å². The van der Waals surface area contributed by atoms with Gasteiger partial charge in [-0.2, -0.15) is 4.98 Å². The number of aromatic nitrogens is 5. The summed E-state index contributed by atoms with van der Waals surface area (Å²) in [6.45, 7) is -0.267. The molecule has 1 fully saturated rings. The van der Waals surface area contributed by atoms with Crippen LogP contribution < -0.4 is 11.3 Å². The largest absolute Gasteiger partial charge is 0.394 e. The first-order chi connectivity index (χ1) is 13.1. The zero-order valence-electron chi connectivity index (χ0n) is 13.8. The third kappa shape index (κ3) is 3.41. The number of H-pyrrole nitrogens is 1. The van der Waals surface area contributed by atoms with Crippen molar-refractivity contribution >= 4 is 38.7 Å². The fraction of sp³-hybridized carbons (Fsp3) is 0.333. The number of aliphatic hydroxyl groups excluding tert-OH is 2. The molecule has 27 heavy (non-hydrogen) atoms. The van der Waals surface area contributed by atoms with E-state index in [0.717, 1.165) is 5.03 Å². The van der Waals surface area contributed by atoms with E-state index in [-0.39, 0.29) is 23.7 Å². The fourth-order valence-electron chi connectivity index (χ4n) is 2.85. The van der Waals surface area contributed by atoms with Crippen molar-refractivity contribution < 1.29 is 14.9 Å². The minimum atomic E-state index is -0.969. The second-order valence-electron chi connectivity index (χ2n) is 5.83. The number of aliphatic hydroxyl groups is 2. The summed E-state index contributed by atoms with van der Waals surface area (Å²) < 4.78 is 7.29. The Morgan fingerprint density at radius 3 is 2.96 bits per heavy atom. The summed E-state index contributed by atoms with van der Waals surface area (Å²) in [5.74, 6) is -0.0583. The molecule has 4 rings (SSSR count). The Balaban J connectivity index is 1.60. The summed E-state index contributed by atoms with van der Waals surface area (Å²) in [5, 5.41) is 20.8. The zero-order valence-corrected chi connectivity index (χ0v) is 15.4. The number of nitrogens with one attached hydrogen (secondary N) is 1. The van der Waals surface area contributed by atoms with E-state index in [1.165, 1.54) is 32.5 Å². The van der Waals surface area contributed by atoms with Gasteiger partial charge in [-0.15, -0.1) is 0 Å². The number of imidazole rings is 1. The van der Waals surface area contributed by atoms with Gasteiger partial charge in [0.05, 0.1) is 24.3 Å². The molecule has 5 N–H and O–H groups in total. The van der Waals surface area contributed by atoms with Crippen LogP contribution in [0.2, 0.25) is 0 Å². The van der Waals surface area contributed by atoms with Crippen LogP contribution in [0.25, 0.3) is 11.2 Å². The zero-order chi connectivity index (χ0) is 19.0. The highest BCUT2D eigenvalue weighted by Gasteiger charge is 2.45. The Hall–Kier alpha value is -2.12. The average molecular weight is 408 g/mol. The SMILES string of the molecule is Nc1nc2c(ncn2[C@@H]2O[C@H](CO)[C@@H](SSc3ccccn3)[C@H]2O)c(=O)[nH]1. The molecule has 0 saturated carbocycles. The Labute approximate surface area is 160 Å². The highest BCUT2D eigenvalue weighted by atomic mass is 33.1. The van der Waals surface area contributed by atoms with Crippen molar-refractivity contribution in [3.63, 3.8) is 0 Å². The Bertz CT molecular complexity index is 997. The number of ether oxygens (including phenoxy) is 1. The fourth-order valence-corrected chi connectivity index (χ4v) is 5.45. The lowest BCUT2D eigenvalue weighted by atomic mass is 10.2. The van der Waals surface area contributed by atoms with Gasteiger partial charge in [0.25, 0.3) is 5.56 Å². The lowest BCUT2D eigenvalue weighted by molar-refractivity contribution is -0.0486. The minimum Gasteiger partial charge on any atom is -0.394 e. The monoisotopic (exact) mass is 408 g/mol. The van der Waals surface area contributed by atoms with E-state index < -0.39 is 29.2 Å². The predicted molar refractivity (Wildman–Crippen MR) is 101 cm³/mol.